The maximum atomic E-state index is 12.6. The van der Waals surface area contributed by atoms with Gasteiger partial charge in [0.15, 0.2) is 0 Å². The van der Waals surface area contributed by atoms with E-state index in [0.29, 0.717) is 12.8 Å². The van der Waals surface area contributed by atoms with Gasteiger partial charge in [0.1, 0.15) is 11.6 Å². The van der Waals surface area contributed by atoms with E-state index in [1.165, 1.54) is 4.90 Å². The van der Waals surface area contributed by atoms with E-state index in [0.717, 1.165) is 22.3 Å². The number of hydrogen-bond acceptors (Lipinski definition) is 4. The Morgan fingerprint density at radius 1 is 0.938 bits per heavy atom. The van der Waals surface area contributed by atoms with Gasteiger partial charge in [0.2, 0.25) is 5.91 Å². The van der Waals surface area contributed by atoms with Crippen molar-refractivity contribution in [1.29, 1.82) is 0 Å². The SMILES string of the molecule is CN(C)C(=O)C(Cc1ccc(-c2ccc(CCC(=O)O)cc2)cc1)NC(=O)OC(C)(C)C. The number of likely N-dealkylation sites (N-methyl/N-ethyl adjacent to an activating group) is 1. The highest BCUT2D eigenvalue weighted by atomic mass is 16.6. The molecule has 0 fully saturated rings. The molecule has 0 saturated carbocycles. The molecule has 0 aliphatic rings. The average Bonchev–Trinajstić information content (AvgIpc) is 2.70. The van der Waals surface area contributed by atoms with Crippen molar-refractivity contribution in [2.24, 2.45) is 0 Å². The number of aliphatic carboxylic acids is 1. The summed E-state index contributed by atoms with van der Waals surface area (Å²) >= 11 is 0. The smallest absolute Gasteiger partial charge is 0.408 e. The van der Waals surface area contributed by atoms with E-state index in [1.54, 1.807) is 34.9 Å². The van der Waals surface area contributed by atoms with Crippen molar-refractivity contribution >= 4 is 18.0 Å². The van der Waals surface area contributed by atoms with Gasteiger partial charge in [-0.2, -0.15) is 0 Å². The molecule has 2 aromatic rings. The van der Waals surface area contributed by atoms with E-state index in [2.05, 4.69) is 5.32 Å². The number of alkyl carbamates (subject to hydrolysis) is 1. The van der Waals surface area contributed by atoms with Gasteiger partial charge in [-0.15, -0.1) is 0 Å². The fraction of sp³-hybridized carbons (Fsp3) is 0.400. The number of nitrogens with one attached hydrogen (secondary N) is 1. The fourth-order valence-electron chi connectivity index (χ4n) is 3.15. The van der Waals surface area contributed by atoms with Crippen molar-refractivity contribution in [1.82, 2.24) is 10.2 Å². The molecule has 0 aliphatic carbocycles. The summed E-state index contributed by atoms with van der Waals surface area (Å²) in [5.74, 6) is -1.02. The number of amides is 2. The van der Waals surface area contributed by atoms with Gasteiger partial charge in [0.25, 0.3) is 0 Å². The molecular weight excluding hydrogens is 408 g/mol. The van der Waals surface area contributed by atoms with Crippen LogP contribution in [0.4, 0.5) is 4.79 Å². The number of aryl methyl sites for hydroxylation is 1. The number of benzene rings is 2. The molecule has 0 aliphatic heterocycles. The number of nitrogens with zero attached hydrogens (tertiary/aromatic N) is 1. The van der Waals surface area contributed by atoms with Crippen LogP contribution in [0.1, 0.15) is 38.3 Å². The first-order valence-corrected chi connectivity index (χ1v) is 10.6. The zero-order chi connectivity index (χ0) is 23.9. The van der Waals surface area contributed by atoms with Crippen molar-refractivity contribution < 1.29 is 24.2 Å². The first-order valence-electron chi connectivity index (χ1n) is 10.6. The highest BCUT2D eigenvalue weighted by molar-refractivity contribution is 5.85. The summed E-state index contributed by atoms with van der Waals surface area (Å²) in [4.78, 5) is 36.9. The van der Waals surface area contributed by atoms with E-state index in [9.17, 15) is 14.4 Å². The molecule has 172 valence electrons. The Morgan fingerprint density at radius 3 is 1.88 bits per heavy atom. The van der Waals surface area contributed by atoms with Crippen molar-refractivity contribution in [3.8, 4) is 11.1 Å². The van der Waals surface area contributed by atoms with Gasteiger partial charge in [-0.25, -0.2) is 4.79 Å². The summed E-state index contributed by atoms with van der Waals surface area (Å²) in [6.07, 6.45) is 0.320. The van der Waals surface area contributed by atoms with Crippen LogP contribution in [0.15, 0.2) is 48.5 Å². The Kier molecular flexibility index (Phi) is 8.41. The van der Waals surface area contributed by atoms with Crippen molar-refractivity contribution in [3.63, 3.8) is 0 Å². The number of ether oxygens (including phenoxy) is 1. The number of hydrogen-bond donors (Lipinski definition) is 2. The Hall–Kier alpha value is -3.35. The zero-order valence-corrected chi connectivity index (χ0v) is 19.3. The lowest BCUT2D eigenvalue weighted by Gasteiger charge is -2.25. The van der Waals surface area contributed by atoms with Crippen molar-refractivity contribution in [3.05, 3.63) is 59.7 Å². The van der Waals surface area contributed by atoms with Crippen LogP contribution in [0.25, 0.3) is 11.1 Å². The van der Waals surface area contributed by atoms with Crippen molar-refractivity contribution in [2.45, 2.75) is 51.7 Å². The number of carboxylic acids is 1. The van der Waals surface area contributed by atoms with E-state index in [-0.39, 0.29) is 12.3 Å². The standard InChI is InChI=1S/C25H32N2O5/c1-25(2,3)32-24(31)26-21(23(30)27(4)5)16-18-8-13-20(14-9-18)19-11-6-17(7-12-19)10-15-22(28)29/h6-9,11-14,21H,10,15-16H2,1-5H3,(H,26,31)(H,28,29). The second-order valence-electron chi connectivity index (χ2n) is 8.92. The minimum atomic E-state index is -0.808. The molecule has 2 aromatic carbocycles. The summed E-state index contributed by atoms with van der Waals surface area (Å²) in [5.41, 5.74) is 3.26. The lowest BCUT2D eigenvalue weighted by Crippen LogP contribution is -2.48. The van der Waals surface area contributed by atoms with Crippen LogP contribution < -0.4 is 5.32 Å². The maximum Gasteiger partial charge on any atom is 0.408 e. The first kappa shape index (κ1) is 24.9. The van der Waals surface area contributed by atoms with Crippen LogP contribution >= 0.6 is 0 Å². The summed E-state index contributed by atoms with van der Waals surface area (Å²) in [6.45, 7) is 5.31. The highest BCUT2D eigenvalue weighted by Gasteiger charge is 2.25. The van der Waals surface area contributed by atoms with Gasteiger partial charge in [-0.1, -0.05) is 48.5 Å². The molecule has 0 radical (unpaired) electrons. The van der Waals surface area contributed by atoms with Gasteiger partial charge in [-0.3, -0.25) is 9.59 Å². The van der Waals surface area contributed by atoms with Gasteiger partial charge < -0.3 is 20.1 Å². The molecule has 0 aromatic heterocycles. The van der Waals surface area contributed by atoms with Gasteiger partial charge in [0, 0.05) is 26.9 Å². The van der Waals surface area contributed by atoms with Crippen LogP contribution in [0.5, 0.6) is 0 Å². The van der Waals surface area contributed by atoms with Crippen LogP contribution in [0.2, 0.25) is 0 Å². The third kappa shape index (κ3) is 8.06. The molecule has 1 unspecified atom stereocenters. The Morgan fingerprint density at radius 2 is 1.44 bits per heavy atom. The van der Waals surface area contributed by atoms with Gasteiger partial charge in [0.05, 0.1) is 0 Å². The third-order valence-electron chi connectivity index (χ3n) is 4.74. The highest BCUT2D eigenvalue weighted by Crippen LogP contribution is 2.21. The molecule has 7 heteroatoms. The molecule has 1 atom stereocenters. The number of carbonyl (C=O) groups excluding carboxylic acids is 2. The zero-order valence-electron chi connectivity index (χ0n) is 19.3. The number of carboxylic acid groups (broad SMARTS) is 1. The summed E-state index contributed by atoms with van der Waals surface area (Å²) in [7, 11) is 3.30. The predicted molar refractivity (Wildman–Crippen MR) is 123 cm³/mol. The molecular formula is C25H32N2O5. The summed E-state index contributed by atoms with van der Waals surface area (Å²) < 4.78 is 5.30. The molecule has 0 spiro atoms. The topological polar surface area (TPSA) is 95.9 Å². The lowest BCUT2D eigenvalue weighted by atomic mass is 9.99. The Labute approximate surface area is 189 Å². The quantitative estimate of drug-likeness (QED) is 0.649. The van der Waals surface area contributed by atoms with Crippen LogP contribution in [-0.2, 0) is 27.2 Å². The second-order valence-corrected chi connectivity index (χ2v) is 8.92. The monoisotopic (exact) mass is 440 g/mol. The van der Waals surface area contributed by atoms with Crippen molar-refractivity contribution in [2.75, 3.05) is 14.1 Å². The summed E-state index contributed by atoms with van der Waals surface area (Å²) in [6, 6.07) is 14.9. The molecule has 7 nitrogen and oxygen atoms in total. The first-order chi connectivity index (χ1) is 14.9. The average molecular weight is 441 g/mol. The molecule has 0 saturated heterocycles. The van der Waals surface area contributed by atoms with E-state index in [1.807, 2.05) is 48.5 Å². The van der Waals surface area contributed by atoms with E-state index >= 15 is 0 Å². The predicted octanol–water partition coefficient (Wildman–Crippen LogP) is 3.89. The van der Waals surface area contributed by atoms with Gasteiger partial charge in [-0.05, 0) is 49.4 Å². The van der Waals surface area contributed by atoms with E-state index < -0.39 is 23.7 Å². The largest absolute Gasteiger partial charge is 0.481 e. The van der Waals surface area contributed by atoms with Crippen LogP contribution in [0, 0.1) is 0 Å². The molecule has 2 rings (SSSR count). The minimum Gasteiger partial charge on any atom is -0.481 e. The Balaban J connectivity index is 2.09. The third-order valence-corrected chi connectivity index (χ3v) is 4.74. The number of carbonyl (C=O) groups is 3. The minimum absolute atomic E-state index is 0.109. The normalized spacial score (nSPS) is 12.0. The Bertz CT molecular complexity index is 928. The van der Waals surface area contributed by atoms with Crippen LogP contribution in [-0.4, -0.2) is 53.7 Å². The molecule has 32 heavy (non-hydrogen) atoms. The lowest BCUT2D eigenvalue weighted by molar-refractivity contribution is -0.137. The molecule has 2 amide bonds. The summed E-state index contributed by atoms with van der Waals surface area (Å²) in [5, 5.41) is 11.5. The maximum absolute atomic E-state index is 12.6. The fourth-order valence-corrected chi connectivity index (χ4v) is 3.15. The molecule has 0 heterocycles. The van der Waals surface area contributed by atoms with E-state index in [4.69, 9.17) is 9.84 Å². The van der Waals surface area contributed by atoms with Gasteiger partial charge >= 0.3 is 12.1 Å². The number of rotatable bonds is 8. The molecule has 0 bridgehead atoms. The second kappa shape index (κ2) is 10.8. The van der Waals surface area contributed by atoms with Crippen LogP contribution in [0.3, 0.4) is 0 Å². The molecule has 2 N–H and O–H groups in total.